The van der Waals surface area contributed by atoms with Gasteiger partial charge in [-0.05, 0) is 24.0 Å². The molecule has 3 atom stereocenters. The summed E-state index contributed by atoms with van der Waals surface area (Å²) in [6.45, 7) is 4.13. The Morgan fingerprint density at radius 2 is 1.92 bits per heavy atom. The molecule has 1 saturated heterocycles. The Morgan fingerprint density at radius 1 is 1.08 bits per heavy atom. The molecule has 2 bridgehead atoms. The number of aliphatic hydroxyl groups excluding tert-OH is 1. The molecule has 0 saturated carbocycles. The summed E-state index contributed by atoms with van der Waals surface area (Å²) in [4.78, 5) is 14.4. The number of β-amino-alcohol motifs (C(OH)–C–C–N with tert-alkyl or cyclic N) is 1. The van der Waals surface area contributed by atoms with Crippen LogP contribution in [0, 0.1) is 5.92 Å². The first-order chi connectivity index (χ1) is 12.7. The van der Waals surface area contributed by atoms with E-state index in [9.17, 15) is 9.90 Å². The quantitative estimate of drug-likeness (QED) is 0.860. The second-order valence-corrected chi connectivity index (χ2v) is 7.57. The van der Waals surface area contributed by atoms with Crippen LogP contribution in [0.4, 0.5) is 0 Å². The van der Waals surface area contributed by atoms with E-state index in [1.807, 2.05) is 41.0 Å². The maximum Gasteiger partial charge on any atom is 0.250 e. The van der Waals surface area contributed by atoms with Gasteiger partial charge in [-0.1, -0.05) is 36.4 Å². The van der Waals surface area contributed by atoms with Gasteiger partial charge in [-0.25, -0.2) is 0 Å². The Kier molecular flexibility index (Phi) is 5.20. The van der Waals surface area contributed by atoms with E-state index in [4.69, 9.17) is 4.74 Å². The van der Waals surface area contributed by atoms with E-state index in [-0.39, 0.29) is 5.56 Å². The van der Waals surface area contributed by atoms with Gasteiger partial charge < -0.3 is 14.4 Å². The number of fused-ring (bicyclic) bond motifs is 4. The molecule has 5 heteroatoms. The monoisotopic (exact) mass is 354 g/mol. The summed E-state index contributed by atoms with van der Waals surface area (Å²) in [7, 11) is 0. The van der Waals surface area contributed by atoms with Crippen molar-refractivity contribution in [3.8, 4) is 0 Å². The molecule has 1 aromatic heterocycles. The highest BCUT2D eigenvalue weighted by Gasteiger charge is 2.34. The normalized spacial score (nSPS) is 23.4. The SMILES string of the molecule is O=c1cccc2n1C[C@@H]1C[C@@H]2CN(C[C@H](O)COCc2ccccc2)C1. The highest BCUT2D eigenvalue weighted by molar-refractivity contribution is 5.17. The molecule has 0 aliphatic carbocycles. The molecule has 2 aromatic rings. The number of rotatable bonds is 6. The zero-order chi connectivity index (χ0) is 17.9. The minimum atomic E-state index is -0.490. The predicted octanol–water partition coefficient (Wildman–Crippen LogP) is 1.85. The molecule has 4 rings (SSSR count). The first-order valence-electron chi connectivity index (χ1n) is 9.41. The third-order valence-electron chi connectivity index (χ3n) is 5.45. The van der Waals surface area contributed by atoms with Crippen LogP contribution in [0.25, 0.3) is 0 Å². The molecular formula is C21H26N2O3. The largest absolute Gasteiger partial charge is 0.389 e. The molecule has 138 valence electrons. The summed E-state index contributed by atoms with van der Waals surface area (Å²) in [6.07, 6.45) is 0.649. The molecule has 2 aliphatic rings. The first-order valence-corrected chi connectivity index (χ1v) is 9.41. The Labute approximate surface area is 153 Å². The third kappa shape index (κ3) is 3.90. The van der Waals surface area contributed by atoms with Crippen LogP contribution in [0.15, 0.2) is 53.3 Å². The molecule has 3 heterocycles. The van der Waals surface area contributed by atoms with E-state index in [0.717, 1.165) is 37.3 Å². The summed E-state index contributed by atoms with van der Waals surface area (Å²) < 4.78 is 7.61. The lowest BCUT2D eigenvalue weighted by atomic mass is 9.83. The number of nitrogens with zero attached hydrogens (tertiary/aromatic N) is 2. The summed E-state index contributed by atoms with van der Waals surface area (Å²) in [5, 5.41) is 10.4. The summed E-state index contributed by atoms with van der Waals surface area (Å²) >= 11 is 0. The summed E-state index contributed by atoms with van der Waals surface area (Å²) in [5.41, 5.74) is 2.38. The fourth-order valence-electron chi connectivity index (χ4n) is 4.38. The molecule has 26 heavy (non-hydrogen) atoms. The van der Waals surface area contributed by atoms with Crippen molar-refractivity contribution in [3.63, 3.8) is 0 Å². The van der Waals surface area contributed by atoms with Gasteiger partial charge in [0.1, 0.15) is 0 Å². The number of pyridine rings is 1. The average molecular weight is 354 g/mol. The molecule has 0 radical (unpaired) electrons. The van der Waals surface area contributed by atoms with Crippen molar-refractivity contribution >= 4 is 0 Å². The molecule has 1 aromatic carbocycles. The topological polar surface area (TPSA) is 54.7 Å². The lowest BCUT2D eigenvalue weighted by Crippen LogP contribution is -2.49. The predicted molar refractivity (Wildman–Crippen MR) is 100 cm³/mol. The molecule has 1 fully saturated rings. The Bertz CT molecular complexity index is 789. The van der Waals surface area contributed by atoms with Gasteiger partial charge in [0.05, 0.1) is 19.3 Å². The van der Waals surface area contributed by atoms with Crippen LogP contribution in [0.3, 0.4) is 0 Å². The summed E-state index contributed by atoms with van der Waals surface area (Å²) in [6, 6.07) is 15.6. The van der Waals surface area contributed by atoms with Crippen molar-refractivity contribution in [2.75, 3.05) is 26.2 Å². The number of benzene rings is 1. The van der Waals surface area contributed by atoms with Crippen LogP contribution in [0.5, 0.6) is 0 Å². The Balaban J connectivity index is 1.30. The van der Waals surface area contributed by atoms with Gasteiger partial charge in [0, 0.05) is 43.9 Å². The zero-order valence-corrected chi connectivity index (χ0v) is 15.0. The lowest BCUT2D eigenvalue weighted by Gasteiger charge is -2.43. The maximum atomic E-state index is 12.1. The van der Waals surface area contributed by atoms with Crippen LogP contribution in [-0.4, -0.2) is 46.9 Å². The average Bonchev–Trinajstić information content (AvgIpc) is 2.63. The number of ether oxygens (including phenoxy) is 1. The lowest BCUT2D eigenvalue weighted by molar-refractivity contribution is -0.00248. The minimum absolute atomic E-state index is 0.111. The van der Waals surface area contributed by atoms with Gasteiger partial charge >= 0.3 is 0 Å². The second-order valence-electron chi connectivity index (χ2n) is 7.57. The maximum absolute atomic E-state index is 12.1. The second kappa shape index (κ2) is 7.74. The van der Waals surface area contributed by atoms with Crippen LogP contribution >= 0.6 is 0 Å². The van der Waals surface area contributed by atoms with E-state index in [1.54, 1.807) is 6.07 Å². The highest BCUT2D eigenvalue weighted by atomic mass is 16.5. The van der Waals surface area contributed by atoms with Crippen LogP contribution in [0.2, 0.25) is 0 Å². The standard InChI is InChI=1S/C21H26N2O3/c24-19(15-26-14-16-5-2-1-3-6-16)13-22-10-17-9-18(12-22)20-7-4-8-21(25)23(20)11-17/h1-8,17-19,24H,9-15H2/t17-,18-,19+/m1/s1. The van der Waals surface area contributed by atoms with Gasteiger partial charge in [0.25, 0.3) is 5.56 Å². The van der Waals surface area contributed by atoms with Crippen molar-refractivity contribution in [3.05, 3.63) is 70.1 Å². The van der Waals surface area contributed by atoms with Gasteiger partial charge in [-0.2, -0.15) is 0 Å². The van der Waals surface area contributed by atoms with Crippen LogP contribution in [0.1, 0.15) is 23.6 Å². The van der Waals surface area contributed by atoms with Crippen molar-refractivity contribution < 1.29 is 9.84 Å². The molecule has 0 amide bonds. The number of hydrogen-bond acceptors (Lipinski definition) is 4. The number of likely N-dealkylation sites (tertiary alicyclic amines) is 1. The fourth-order valence-corrected chi connectivity index (χ4v) is 4.38. The fraction of sp³-hybridized carbons (Fsp3) is 0.476. The minimum Gasteiger partial charge on any atom is -0.389 e. The number of aliphatic hydroxyl groups is 1. The molecule has 1 N–H and O–H groups in total. The van der Waals surface area contributed by atoms with Crippen molar-refractivity contribution in [2.45, 2.75) is 31.6 Å². The van der Waals surface area contributed by atoms with Gasteiger partial charge in [0.15, 0.2) is 0 Å². The molecule has 0 spiro atoms. The molecular weight excluding hydrogens is 328 g/mol. The van der Waals surface area contributed by atoms with Gasteiger partial charge in [0.2, 0.25) is 0 Å². The van der Waals surface area contributed by atoms with Crippen molar-refractivity contribution in [2.24, 2.45) is 5.92 Å². The summed E-state index contributed by atoms with van der Waals surface area (Å²) in [5.74, 6) is 0.868. The molecule has 0 unspecified atom stereocenters. The van der Waals surface area contributed by atoms with E-state index in [1.165, 1.54) is 0 Å². The highest BCUT2D eigenvalue weighted by Crippen LogP contribution is 2.34. The van der Waals surface area contributed by atoms with E-state index in [2.05, 4.69) is 11.0 Å². The molecule has 5 nitrogen and oxygen atoms in total. The Morgan fingerprint density at radius 3 is 2.77 bits per heavy atom. The first kappa shape index (κ1) is 17.5. The van der Waals surface area contributed by atoms with Gasteiger partial charge in [-0.15, -0.1) is 0 Å². The van der Waals surface area contributed by atoms with Crippen molar-refractivity contribution in [1.82, 2.24) is 9.47 Å². The van der Waals surface area contributed by atoms with E-state index < -0.39 is 6.10 Å². The van der Waals surface area contributed by atoms with Gasteiger partial charge in [-0.3, -0.25) is 9.69 Å². The smallest absolute Gasteiger partial charge is 0.250 e. The van der Waals surface area contributed by atoms with E-state index >= 15 is 0 Å². The molecule has 2 aliphatic heterocycles. The van der Waals surface area contributed by atoms with Crippen LogP contribution < -0.4 is 5.56 Å². The van der Waals surface area contributed by atoms with E-state index in [0.29, 0.717) is 31.6 Å². The van der Waals surface area contributed by atoms with Crippen LogP contribution in [-0.2, 0) is 17.9 Å². The third-order valence-corrected chi connectivity index (χ3v) is 5.45. The van der Waals surface area contributed by atoms with Crippen molar-refractivity contribution in [1.29, 1.82) is 0 Å². The zero-order valence-electron chi connectivity index (χ0n) is 15.0. The number of aromatic nitrogens is 1. The Hall–Kier alpha value is -1.95. The number of hydrogen-bond donors (Lipinski definition) is 1. The number of piperidine rings is 1.